The maximum absolute atomic E-state index is 15.4. The van der Waals surface area contributed by atoms with E-state index in [0.717, 1.165) is 23.4 Å². The lowest BCUT2D eigenvalue weighted by Crippen LogP contribution is -2.38. The molecule has 12 heteroatoms. The first kappa shape index (κ1) is 26.7. The van der Waals surface area contributed by atoms with E-state index in [1.54, 1.807) is 29.2 Å². The standard InChI is InChI=1S/C29H33FN4O6S/c1-31-15-22-16-33(18-29(22,30)17-31)23-4-2-3-19(9-23)27(35)28(36)32-11-20-13-34(14-21(20)12-32)41(37,38)24-5-6-25-26(10-24)40-8-7-39-25/h2-6,9-10,22,27,35H,7-8,11-18H2,1H3/t22-,27?,29-/m1/s1. The summed E-state index contributed by atoms with van der Waals surface area (Å²) in [5.74, 6) is 0.451. The van der Waals surface area contributed by atoms with Crippen LogP contribution in [0.2, 0.25) is 0 Å². The topological polar surface area (TPSA) is 103 Å². The number of carbonyl (C=O) groups excluding carboxylic acids is 1. The van der Waals surface area contributed by atoms with Crippen molar-refractivity contribution in [3.63, 3.8) is 0 Å². The maximum Gasteiger partial charge on any atom is 0.256 e. The lowest BCUT2D eigenvalue weighted by atomic mass is 9.97. The van der Waals surface area contributed by atoms with E-state index >= 15 is 4.39 Å². The minimum Gasteiger partial charge on any atom is -0.486 e. The van der Waals surface area contributed by atoms with Crippen LogP contribution in [0.25, 0.3) is 0 Å². The van der Waals surface area contributed by atoms with Crippen LogP contribution in [0.5, 0.6) is 11.5 Å². The van der Waals surface area contributed by atoms with Crippen molar-refractivity contribution in [1.82, 2.24) is 14.1 Å². The lowest BCUT2D eigenvalue weighted by molar-refractivity contribution is -0.139. The summed E-state index contributed by atoms with van der Waals surface area (Å²) in [4.78, 5) is 19.0. The number of benzene rings is 2. The molecule has 2 saturated heterocycles. The van der Waals surface area contributed by atoms with Gasteiger partial charge in [-0.2, -0.15) is 4.31 Å². The molecule has 1 N–H and O–H groups in total. The van der Waals surface area contributed by atoms with Crippen molar-refractivity contribution < 1.29 is 32.2 Å². The molecule has 0 radical (unpaired) electrons. The summed E-state index contributed by atoms with van der Waals surface area (Å²) in [6.45, 7) is 3.74. The second kappa shape index (κ2) is 9.69. The highest BCUT2D eigenvalue weighted by Crippen LogP contribution is 2.40. The van der Waals surface area contributed by atoms with Crippen molar-refractivity contribution in [2.24, 2.45) is 5.92 Å². The third-order valence-corrected chi connectivity index (χ3v) is 10.7. The second-order valence-corrected chi connectivity index (χ2v) is 13.7. The molecule has 2 aromatic carbocycles. The Labute approximate surface area is 238 Å². The molecule has 0 bridgehead atoms. The summed E-state index contributed by atoms with van der Waals surface area (Å²) >= 11 is 0. The Morgan fingerprint density at radius 1 is 1.00 bits per heavy atom. The third kappa shape index (κ3) is 4.57. The highest BCUT2D eigenvalue weighted by molar-refractivity contribution is 7.89. The van der Waals surface area contributed by atoms with Crippen molar-refractivity contribution in [3.05, 3.63) is 59.2 Å². The fourth-order valence-corrected chi connectivity index (χ4v) is 8.28. The van der Waals surface area contributed by atoms with Crippen LogP contribution in [0.3, 0.4) is 0 Å². The van der Waals surface area contributed by atoms with E-state index < -0.39 is 27.7 Å². The second-order valence-electron chi connectivity index (χ2n) is 11.8. The first-order chi connectivity index (χ1) is 19.6. The van der Waals surface area contributed by atoms with Crippen LogP contribution >= 0.6 is 0 Å². The van der Waals surface area contributed by atoms with Gasteiger partial charge >= 0.3 is 0 Å². The van der Waals surface area contributed by atoms with Gasteiger partial charge in [0.05, 0.1) is 11.4 Å². The molecule has 7 rings (SSSR count). The summed E-state index contributed by atoms with van der Waals surface area (Å²) in [6, 6.07) is 11.8. The monoisotopic (exact) mass is 584 g/mol. The average Bonchev–Trinajstić information content (AvgIpc) is 3.69. The maximum atomic E-state index is 15.4. The van der Waals surface area contributed by atoms with E-state index in [2.05, 4.69) is 0 Å². The number of hydrogen-bond donors (Lipinski definition) is 1. The number of aliphatic hydroxyl groups excluding tert-OH is 1. The van der Waals surface area contributed by atoms with Crippen LogP contribution in [0, 0.1) is 5.92 Å². The first-order valence-corrected chi connectivity index (χ1v) is 15.3. The van der Waals surface area contributed by atoms with Gasteiger partial charge in [-0.1, -0.05) is 12.1 Å². The van der Waals surface area contributed by atoms with E-state index in [9.17, 15) is 18.3 Å². The molecule has 0 saturated carbocycles. The Balaban J connectivity index is 0.991. The van der Waals surface area contributed by atoms with Crippen molar-refractivity contribution in [2.45, 2.75) is 16.7 Å². The molecule has 218 valence electrons. The minimum atomic E-state index is -3.77. The number of rotatable bonds is 5. The molecule has 10 nitrogen and oxygen atoms in total. The Kier molecular flexibility index (Phi) is 6.31. The molecule has 1 amide bonds. The third-order valence-electron chi connectivity index (χ3n) is 8.94. The number of sulfonamides is 1. The number of hydrogen-bond acceptors (Lipinski definition) is 8. The van der Waals surface area contributed by atoms with Gasteiger partial charge in [0.2, 0.25) is 10.0 Å². The summed E-state index contributed by atoms with van der Waals surface area (Å²) < 4.78 is 54.6. The molecule has 2 fully saturated rings. The highest BCUT2D eigenvalue weighted by Gasteiger charge is 2.52. The van der Waals surface area contributed by atoms with Crippen molar-refractivity contribution in [1.29, 1.82) is 0 Å². The Hall–Kier alpha value is -3.19. The predicted octanol–water partition coefficient (Wildman–Crippen LogP) is 1.42. The molecule has 0 aliphatic carbocycles. The predicted molar refractivity (Wildman–Crippen MR) is 148 cm³/mol. The van der Waals surface area contributed by atoms with Crippen LogP contribution < -0.4 is 14.4 Å². The van der Waals surface area contributed by atoms with Gasteiger partial charge < -0.3 is 29.3 Å². The van der Waals surface area contributed by atoms with Gasteiger partial charge in [-0.3, -0.25) is 4.79 Å². The Morgan fingerprint density at radius 2 is 1.73 bits per heavy atom. The molecule has 41 heavy (non-hydrogen) atoms. The molecular weight excluding hydrogens is 551 g/mol. The molecule has 5 aliphatic rings. The summed E-state index contributed by atoms with van der Waals surface area (Å²) in [5.41, 5.74) is 1.77. The SMILES string of the molecule is CN1C[C@@H]2CN(c3cccc(C(O)C(=O)N4CC5=C(C4)CN(S(=O)(=O)c4ccc6c(c4)OCCO6)C5)c3)C[C@]2(F)C1. The number of nitrogens with zero attached hydrogens (tertiary/aromatic N) is 4. The van der Waals surface area contributed by atoms with Crippen molar-refractivity contribution in [3.8, 4) is 11.5 Å². The van der Waals surface area contributed by atoms with Crippen molar-refractivity contribution >= 4 is 21.6 Å². The molecule has 3 atom stereocenters. The zero-order valence-corrected chi connectivity index (χ0v) is 23.6. The van der Waals surface area contributed by atoms with Crippen LogP contribution in [0.1, 0.15) is 11.7 Å². The van der Waals surface area contributed by atoms with Gasteiger partial charge in [-0.15, -0.1) is 0 Å². The zero-order chi connectivity index (χ0) is 28.5. The smallest absolute Gasteiger partial charge is 0.256 e. The number of halogens is 1. The number of ether oxygens (including phenoxy) is 2. The summed E-state index contributed by atoms with van der Waals surface area (Å²) in [5, 5.41) is 11.0. The number of alkyl halides is 1. The molecule has 0 aromatic heterocycles. The fraction of sp³-hybridized carbons (Fsp3) is 0.483. The van der Waals surface area contributed by atoms with Crippen LogP contribution in [0.15, 0.2) is 58.5 Å². The number of fused-ring (bicyclic) bond motifs is 2. The largest absolute Gasteiger partial charge is 0.486 e. The van der Waals surface area contributed by atoms with E-state index in [4.69, 9.17) is 9.47 Å². The Bertz CT molecular complexity index is 1530. The number of amides is 1. The van der Waals surface area contributed by atoms with Gasteiger partial charge in [0.15, 0.2) is 17.6 Å². The number of carbonyl (C=O) groups is 1. The molecule has 0 spiro atoms. The highest BCUT2D eigenvalue weighted by atomic mass is 32.2. The normalized spacial score (nSPS) is 27.0. The minimum absolute atomic E-state index is 0.0567. The fourth-order valence-electron chi connectivity index (χ4n) is 6.84. The first-order valence-electron chi connectivity index (χ1n) is 13.9. The number of likely N-dealkylation sites (tertiary alicyclic amines) is 1. The van der Waals surface area contributed by atoms with E-state index in [1.165, 1.54) is 16.4 Å². The zero-order valence-electron chi connectivity index (χ0n) is 22.8. The van der Waals surface area contributed by atoms with E-state index in [0.29, 0.717) is 49.9 Å². The lowest BCUT2D eigenvalue weighted by Gasteiger charge is -2.26. The quantitative estimate of drug-likeness (QED) is 0.527. The van der Waals surface area contributed by atoms with Gasteiger partial charge in [0, 0.05) is 63.5 Å². The molecule has 5 aliphatic heterocycles. The summed E-state index contributed by atoms with van der Waals surface area (Å²) in [6.07, 6.45) is -1.36. The number of aliphatic hydroxyl groups is 1. The molecule has 2 aromatic rings. The molecular formula is C29H33FN4O6S. The Morgan fingerprint density at radius 3 is 2.46 bits per heavy atom. The van der Waals surface area contributed by atoms with Gasteiger partial charge in [0.1, 0.15) is 18.9 Å². The van der Waals surface area contributed by atoms with Crippen molar-refractivity contribution in [2.75, 3.05) is 77.5 Å². The average molecular weight is 585 g/mol. The van der Waals surface area contributed by atoms with Gasteiger partial charge in [-0.25, -0.2) is 12.8 Å². The van der Waals surface area contributed by atoms with Crippen LogP contribution in [-0.4, -0.2) is 112 Å². The van der Waals surface area contributed by atoms with E-state index in [-0.39, 0.29) is 37.0 Å². The molecule has 1 unspecified atom stereocenters. The van der Waals surface area contributed by atoms with Crippen LogP contribution in [-0.2, 0) is 14.8 Å². The molecule has 5 heterocycles. The van der Waals surface area contributed by atoms with Gasteiger partial charge in [0.25, 0.3) is 5.91 Å². The van der Waals surface area contributed by atoms with Gasteiger partial charge in [-0.05, 0) is 48.0 Å². The summed E-state index contributed by atoms with van der Waals surface area (Å²) in [7, 11) is -1.83. The van der Waals surface area contributed by atoms with Crippen LogP contribution in [0.4, 0.5) is 10.1 Å². The van der Waals surface area contributed by atoms with E-state index in [1.807, 2.05) is 22.9 Å². The number of anilines is 1.